The molecule has 1 heterocycles. The van der Waals surface area contributed by atoms with Crippen molar-refractivity contribution in [3.63, 3.8) is 0 Å². The first-order valence-corrected chi connectivity index (χ1v) is 11.4. The molecule has 32 heavy (non-hydrogen) atoms. The normalized spacial score (nSPS) is 11.0. The van der Waals surface area contributed by atoms with Gasteiger partial charge >= 0.3 is 0 Å². The fourth-order valence-electron chi connectivity index (χ4n) is 3.68. The van der Waals surface area contributed by atoms with E-state index in [1.54, 1.807) is 7.11 Å². The Balaban J connectivity index is 0.00000289. The van der Waals surface area contributed by atoms with Gasteiger partial charge in [-0.2, -0.15) is 0 Å². The predicted octanol–water partition coefficient (Wildman–Crippen LogP) is 5.87. The second-order valence-electron chi connectivity index (χ2n) is 7.38. The van der Waals surface area contributed by atoms with Gasteiger partial charge in [-0.1, -0.05) is 55.5 Å². The summed E-state index contributed by atoms with van der Waals surface area (Å²) in [4.78, 5) is 22.5. The molecule has 0 aliphatic rings. The summed E-state index contributed by atoms with van der Waals surface area (Å²) >= 11 is 1.52. The average Bonchev–Trinajstić information content (AvgIpc) is 3.24. The molecule has 0 bridgehead atoms. The number of halogens is 1. The number of benzene rings is 3. The van der Waals surface area contributed by atoms with Crippen LogP contribution in [0.4, 0.5) is 5.13 Å². The van der Waals surface area contributed by atoms with Crippen LogP contribution in [-0.4, -0.2) is 49.1 Å². The van der Waals surface area contributed by atoms with Gasteiger partial charge in [-0.25, -0.2) is 4.98 Å². The number of hydrogen-bond donors (Lipinski definition) is 0. The predicted molar refractivity (Wildman–Crippen MR) is 137 cm³/mol. The summed E-state index contributed by atoms with van der Waals surface area (Å²) in [6.45, 7) is 7.57. The molecule has 5 nitrogen and oxygen atoms in total. The number of rotatable bonds is 8. The number of thiazole rings is 1. The van der Waals surface area contributed by atoms with Gasteiger partial charge in [-0.3, -0.25) is 9.69 Å². The summed E-state index contributed by atoms with van der Waals surface area (Å²) in [7, 11) is 1.66. The number of hydrogen-bond acceptors (Lipinski definition) is 5. The van der Waals surface area contributed by atoms with E-state index in [0.29, 0.717) is 17.2 Å². The lowest BCUT2D eigenvalue weighted by molar-refractivity contribution is 0.0984. The van der Waals surface area contributed by atoms with Crippen molar-refractivity contribution in [2.45, 2.75) is 13.8 Å². The van der Waals surface area contributed by atoms with Gasteiger partial charge in [-0.05, 0) is 54.2 Å². The third-order valence-corrected chi connectivity index (χ3v) is 6.63. The minimum atomic E-state index is -0.0241. The topological polar surface area (TPSA) is 45.7 Å². The summed E-state index contributed by atoms with van der Waals surface area (Å²) in [5.41, 5.74) is 1.55. The van der Waals surface area contributed by atoms with Crippen LogP contribution < -0.4 is 9.64 Å². The number of nitrogens with zero attached hydrogens (tertiary/aromatic N) is 3. The van der Waals surface area contributed by atoms with E-state index in [2.05, 4.69) is 24.8 Å². The maximum atomic E-state index is 13.6. The van der Waals surface area contributed by atoms with Crippen LogP contribution in [0.1, 0.15) is 24.2 Å². The van der Waals surface area contributed by atoms with Crippen LogP contribution >= 0.6 is 23.7 Å². The van der Waals surface area contributed by atoms with Crippen LogP contribution in [0.25, 0.3) is 21.0 Å². The quantitative estimate of drug-likeness (QED) is 0.324. The largest absolute Gasteiger partial charge is 0.497 e. The van der Waals surface area contributed by atoms with Crippen molar-refractivity contribution in [3.8, 4) is 5.75 Å². The Morgan fingerprint density at radius 1 is 0.969 bits per heavy atom. The van der Waals surface area contributed by atoms with Gasteiger partial charge < -0.3 is 9.64 Å². The van der Waals surface area contributed by atoms with Crippen molar-refractivity contribution < 1.29 is 9.53 Å². The number of fused-ring (bicyclic) bond motifs is 2. The Kier molecular flexibility index (Phi) is 8.07. The lowest BCUT2D eigenvalue weighted by atomic mass is 10.1. The van der Waals surface area contributed by atoms with E-state index < -0.39 is 0 Å². The van der Waals surface area contributed by atoms with Crippen molar-refractivity contribution >= 4 is 55.8 Å². The minimum absolute atomic E-state index is 0. The molecule has 0 atom stereocenters. The van der Waals surface area contributed by atoms with Gasteiger partial charge in [0, 0.05) is 18.7 Å². The van der Waals surface area contributed by atoms with Crippen molar-refractivity contribution in [1.82, 2.24) is 9.88 Å². The van der Waals surface area contributed by atoms with Crippen LogP contribution in [0.15, 0.2) is 60.7 Å². The zero-order valence-electron chi connectivity index (χ0n) is 18.6. The van der Waals surface area contributed by atoms with Crippen molar-refractivity contribution in [1.29, 1.82) is 0 Å². The molecule has 0 radical (unpaired) electrons. The van der Waals surface area contributed by atoms with E-state index in [-0.39, 0.29) is 18.3 Å². The van der Waals surface area contributed by atoms with Gasteiger partial charge in [0.1, 0.15) is 5.75 Å². The van der Waals surface area contributed by atoms with Gasteiger partial charge in [0.25, 0.3) is 5.91 Å². The first kappa shape index (κ1) is 24.0. The number of carbonyl (C=O) groups is 1. The van der Waals surface area contributed by atoms with Gasteiger partial charge in [0.05, 0.1) is 17.3 Å². The number of likely N-dealkylation sites (N-methyl/N-ethyl adjacent to an activating group) is 1. The van der Waals surface area contributed by atoms with Crippen LogP contribution in [0.5, 0.6) is 5.75 Å². The first-order chi connectivity index (χ1) is 15.1. The summed E-state index contributed by atoms with van der Waals surface area (Å²) < 4.78 is 6.36. The van der Waals surface area contributed by atoms with Gasteiger partial charge in [0.2, 0.25) is 0 Å². The number of aromatic nitrogens is 1. The zero-order valence-corrected chi connectivity index (χ0v) is 20.2. The van der Waals surface area contributed by atoms with Gasteiger partial charge in [0.15, 0.2) is 5.13 Å². The molecule has 1 aromatic heterocycles. The van der Waals surface area contributed by atoms with Crippen LogP contribution in [0.2, 0.25) is 0 Å². The first-order valence-electron chi connectivity index (χ1n) is 10.6. The fourth-order valence-corrected chi connectivity index (χ4v) is 4.70. The Hall–Kier alpha value is -2.67. The van der Waals surface area contributed by atoms with Crippen molar-refractivity contribution in [3.05, 3.63) is 66.2 Å². The standard InChI is InChI=1S/C25H27N3O2S.ClH/c1-4-27(5-2)14-15-28(25-26-22-13-12-21(30-3)17-23(22)31-25)24(29)20-11-10-18-8-6-7-9-19(18)16-20;/h6-13,16-17H,4-5,14-15H2,1-3H3;1H. The summed E-state index contributed by atoms with van der Waals surface area (Å²) in [6.07, 6.45) is 0. The van der Waals surface area contributed by atoms with E-state index >= 15 is 0 Å². The summed E-state index contributed by atoms with van der Waals surface area (Å²) in [6, 6.07) is 19.8. The number of ether oxygens (including phenoxy) is 1. The molecule has 0 fully saturated rings. The van der Waals surface area contributed by atoms with Crippen LogP contribution in [-0.2, 0) is 0 Å². The van der Waals surface area contributed by atoms with E-state index in [1.165, 1.54) is 11.3 Å². The highest BCUT2D eigenvalue weighted by atomic mass is 35.5. The van der Waals surface area contributed by atoms with Crippen LogP contribution in [0, 0.1) is 0 Å². The highest BCUT2D eigenvalue weighted by molar-refractivity contribution is 7.22. The molecule has 7 heteroatoms. The SMILES string of the molecule is CCN(CC)CCN(C(=O)c1ccc2ccccc2c1)c1nc2ccc(OC)cc2s1.Cl. The number of methoxy groups -OCH3 is 1. The van der Waals surface area contributed by atoms with Crippen molar-refractivity contribution in [2.75, 3.05) is 38.2 Å². The molecule has 4 rings (SSSR count). The molecule has 4 aromatic rings. The smallest absolute Gasteiger partial charge is 0.260 e. The van der Waals surface area contributed by atoms with E-state index in [0.717, 1.165) is 46.4 Å². The van der Waals surface area contributed by atoms with Crippen molar-refractivity contribution in [2.24, 2.45) is 0 Å². The monoisotopic (exact) mass is 469 g/mol. The Morgan fingerprint density at radius 3 is 2.44 bits per heavy atom. The highest BCUT2D eigenvalue weighted by Crippen LogP contribution is 2.32. The lowest BCUT2D eigenvalue weighted by Gasteiger charge is -2.24. The maximum Gasteiger partial charge on any atom is 0.260 e. The fraction of sp³-hybridized carbons (Fsp3) is 0.280. The second-order valence-corrected chi connectivity index (χ2v) is 8.38. The number of amides is 1. The second kappa shape index (κ2) is 10.8. The Labute approximate surface area is 199 Å². The van der Waals surface area contributed by atoms with Gasteiger partial charge in [-0.15, -0.1) is 12.4 Å². The summed E-state index contributed by atoms with van der Waals surface area (Å²) in [5.74, 6) is 0.766. The summed E-state index contributed by atoms with van der Waals surface area (Å²) in [5, 5.41) is 2.90. The average molecular weight is 470 g/mol. The third-order valence-electron chi connectivity index (χ3n) is 5.59. The highest BCUT2D eigenvalue weighted by Gasteiger charge is 2.22. The molecule has 0 unspecified atom stereocenters. The molecule has 168 valence electrons. The molecule has 0 saturated heterocycles. The molecular weight excluding hydrogens is 442 g/mol. The Bertz CT molecular complexity index is 1210. The molecule has 0 aliphatic carbocycles. The maximum absolute atomic E-state index is 13.6. The van der Waals surface area contributed by atoms with E-state index in [9.17, 15) is 4.79 Å². The number of carbonyl (C=O) groups excluding carboxylic acids is 1. The van der Waals surface area contributed by atoms with Crippen LogP contribution in [0.3, 0.4) is 0 Å². The molecule has 0 saturated carbocycles. The lowest BCUT2D eigenvalue weighted by Crippen LogP contribution is -2.38. The molecule has 0 spiro atoms. The molecule has 0 N–H and O–H groups in total. The molecule has 3 aromatic carbocycles. The molecule has 0 aliphatic heterocycles. The Morgan fingerprint density at radius 2 is 1.72 bits per heavy atom. The molecule has 1 amide bonds. The molecular formula is C25H28ClN3O2S. The zero-order chi connectivity index (χ0) is 21.8. The van der Waals surface area contributed by atoms with E-state index in [1.807, 2.05) is 59.5 Å². The van der Waals surface area contributed by atoms with E-state index in [4.69, 9.17) is 9.72 Å². The third kappa shape index (κ3) is 5.04. The minimum Gasteiger partial charge on any atom is -0.497 e. The number of anilines is 1.